The predicted octanol–water partition coefficient (Wildman–Crippen LogP) is 3.90. The van der Waals surface area contributed by atoms with Crippen LogP contribution in [-0.2, 0) is 36.1 Å². The molecule has 1 amide bonds. The van der Waals surface area contributed by atoms with Crippen LogP contribution in [-0.4, -0.2) is 59.0 Å². The first-order valence-corrected chi connectivity index (χ1v) is 17.5. The van der Waals surface area contributed by atoms with E-state index >= 15 is 0 Å². The number of benzene rings is 3. The Balaban J connectivity index is 1.62. The number of nitrogens with zero attached hydrogens (tertiary/aromatic N) is 3. The largest absolute Gasteiger partial charge is 0.497 e. The molecule has 1 aliphatic rings. The van der Waals surface area contributed by atoms with Gasteiger partial charge in [-0.2, -0.15) is 0 Å². The van der Waals surface area contributed by atoms with Crippen LogP contribution in [0.3, 0.4) is 0 Å². The smallest absolute Gasteiger partial charge is 0.324 e. The lowest BCUT2D eigenvalue weighted by atomic mass is 10.0. The summed E-state index contributed by atoms with van der Waals surface area (Å²) in [6.07, 6.45) is 2.78. The molecule has 47 heavy (non-hydrogen) atoms. The summed E-state index contributed by atoms with van der Waals surface area (Å²) in [5.74, 6) is -1.77. The van der Waals surface area contributed by atoms with Crippen LogP contribution in [0.25, 0.3) is 0 Å². The highest BCUT2D eigenvalue weighted by Crippen LogP contribution is 2.42. The Kier molecular flexibility index (Phi) is 9.27. The molecule has 0 aliphatic carbocycles. The Bertz CT molecular complexity index is 2050. The van der Waals surface area contributed by atoms with Crippen LogP contribution in [0.5, 0.6) is 5.75 Å². The van der Waals surface area contributed by atoms with E-state index in [9.17, 15) is 31.5 Å². The molecular formula is C33H34N4O8S2. The van der Waals surface area contributed by atoms with Crippen LogP contribution in [0.2, 0.25) is 0 Å². The number of carbonyl (C=O) groups is 2. The summed E-state index contributed by atoms with van der Waals surface area (Å²) in [4.78, 5) is 31.4. The third kappa shape index (κ3) is 6.65. The third-order valence-corrected chi connectivity index (χ3v) is 11.3. The van der Waals surface area contributed by atoms with Crippen molar-refractivity contribution in [1.82, 2.24) is 9.71 Å². The van der Waals surface area contributed by atoms with Crippen molar-refractivity contribution in [3.63, 3.8) is 0 Å². The van der Waals surface area contributed by atoms with E-state index in [4.69, 9.17) is 4.74 Å². The van der Waals surface area contributed by atoms with Crippen molar-refractivity contribution < 1.29 is 36.3 Å². The Labute approximate surface area is 273 Å². The number of aryl methyl sites for hydroxylation is 3. The highest BCUT2D eigenvalue weighted by Gasteiger charge is 2.38. The van der Waals surface area contributed by atoms with Gasteiger partial charge in [0.2, 0.25) is 0 Å². The summed E-state index contributed by atoms with van der Waals surface area (Å²) >= 11 is 0. The number of sulfonamides is 2. The average molecular weight is 679 g/mol. The first-order valence-electron chi connectivity index (χ1n) is 14.6. The quantitative estimate of drug-likeness (QED) is 0.238. The fraction of sp³-hybridized carbons (Fsp3) is 0.242. The van der Waals surface area contributed by atoms with Gasteiger partial charge in [-0.1, -0.05) is 35.9 Å². The number of carboxylic acid groups (broad SMARTS) is 1. The minimum absolute atomic E-state index is 0.0195. The van der Waals surface area contributed by atoms with Crippen molar-refractivity contribution in [1.29, 1.82) is 0 Å². The maximum Gasteiger partial charge on any atom is 0.324 e. The van der Waals surface area contributed by atoms with Gasteiger partial charge < -0.3 is 14.7 Å². The summed E-state index contributed by atoms with van der Waals surface area (Å²) in [5, 5.41) is 9.86. The van der Waals surface area contributed by atoms with E-state index in [-0.39, 0.29) is 28.4 Å². The van der Waals surface area contributed by atoms with Gasteiger partial charge in [-0.15, -0.1) is 0 Å². The van der Waals surface area contributed by atoms with E-state index in [0.29, 0.717) is 33.7 Å². The predicted molar refractivity (Wildman–Crippen MR) is 176 cm³/mol. The van der Waals surface area contributed by atoms with Gasteiger partial charge >= 0.3 is 5.97 Å². The first-order chi connectivity index (χ1) is 22.2. The number of amides is 1. The lowest BCUT2D eigenvalue weighted by molar-refractivity contribution is -0.135. The molecule has 12 nitrogen and oxygen atoms in total. The standard InChI is InChI=1S/C33H34N4O8S2/c1-21-16-22(2)32(23(3)17-21)47(43,44)37(20-30(38)39)29-12-6-11-28-27(29)13-15-36(28)31(24-8-5-9-25(18-24)45-4)33(40)35-46(41,42)26-10-7-14-34-19-26/h5-12,14,16-19,31H,13,15,20H2,1-4H3,(H,35,40)(H,38,39). The number of hydrogen-bond acceptors (Lipinski definition) is 9. The molecule has 246 valence electrons. The van der Waals surface area contributed by atoms with Crippen molar-refractivity contribution in [2.75, 3.05) is 29.4 Å². The van der Waals surface area contributed by atoms with Crippen LogP contribution in [0.1, 0.15) is 33.9 Å². The van der Waals surface area contributed by atoms with Crippen LogP contribution in [0, 0.1) is 20.8 Å². The molecule has 2 N–H and O–H groups in total. The SMILES string of the molecule is COc1cccc(C(C(=O)NS(=O)(=O)c2cccnc2)N2CCc3c2cccc3N(CC(=O)O)S(=O)(=O)c2c(C)cc(C)cc2C)c1. The number of aliphatic carboxylic acids is 1. The number of fused-ring (bicyclic) bond motifs is 1. The van der Waals surface area contributed by atoms with Crippen molar-refractivity contribution in [2.45, 2.75) is 43.0 Å². The van der Waals surface area contributed by atoms with Crippen molar-refractivity contribution >= 4 is 43.3 Å². The summed E-state index contributed by atoms with van der Waals surface area (Å²) in [6, 6.07) is 16.5. The van der Waals surface area contributed by atoms with E-state index in [1.807, 2.05) is 6.92 Å². The molecule has 14 heteroatoms. The molecule has 5 rings (SSSR count). The molecule has 4 aromatic rings. The number of methoxy groups -OCH3 is 1. The van der Waals surface area contributed by atoms with E-state index in [0.717, 1.165) is 16.1 Å². The molecule has 3 aromatic carbocycles. The number of nitrogens with one attached hydrogen (secondary N) is 1. The maximum atomic E-state index is 14.2. The van der Waals surface area contributed by atoms with Gasteiger partial charge in [0, 0.05) is 30.2 Å². The molecule has 1 unspecified atom stereocenters. The number of rotatable bonds is 11. The number of carbonyl (C=O) groups excluding carboxylic acids is 1. The molecule has 2 heterocycles. The average Bonchev–Trinajstić information content (AvgIpc) is 3.43. The molecule has 0 radical (unpaired) electrons. The molecular weight excluding hydrogens is 645 g/mol. The van der Waals surface area contributed by atoms with Crippen molar-refractivity contribution in [3.8, 4) is 5.75 Å². The minimum atomic E-state index is -4.37. The fourth-order valence-corrected chi connectivity index (χ4v) is 8.90. The van der Waals surface area contributed by atoms with E-state index in [1.165, 1.54) is 31.5 Å². The molecule has 0 saturated heterocycles. The number of anilines is 2. The zero-order valence-corrected chi connectivity index (χ0v) is 27.8. The van der Waals surface area contributed by atoms with Gasteiger partial charge in [0.1, 0.15) is 23.2 Å². The third-order valence-electron chi connectivity index (χ3n) is 7.89. The first kappa shape index (κ1) is 33.4. The zero-order valence-electron chi connectivity index (χ0n) is 26.2. The second-order valence-electron chi connectivity index (χ2n) is 11.2. The number of aromatic nitrogens is 1. The number of hydrogen-bond donors (Lipinski definition) is 2. The van der Waals surface area contributed by atoms with Gasteiger partial charge in [-0.25, -0.2) is 21.6 Å². The minimum Gasteiger partial charge on any atom is -0.497 e. The zero-order chi connectivity index (χ0) is 34.1. The van der Waals surface area contributed by atoms with Gasteiger partial charge in [0.05, 0.1) is 17.7 Å². The van der Waals surface area contributed by atoms with Gasteiger partial charge in [-0.3, -0.25) is 18.9 Å². The Morgan fingerprint density at radius 1 is 1.00 bits per heavy atom. The molecule has 0 saturated carbocycles. The highest BCUT2D eigenvalue weighted by molar-refractivity contribution is 7.93. The van der Waals surface area contributed by atoms with Gasteiger partial charge in [-0.05, 0) is 80.3 Å². The number of carboxylic acids is 1. The van der Waals surface area contributed by atoms with Crippen LogP contribution in [0.4, 0.5) is 11.4 Å². The number of pyridine rings is 1. The monoisotopic (exact) mass is 678 g/mol. The molecule has 1 aliphatic heterocycles. The summed E-state index contributed by atoms with van der Waals surface area (Å²) < 4.78 is 63.3. The number of ether oxygens (including phenoxy) is 1. The fourth-order valence-electron chi connectivity index (χ4n) is 6.09. The van der Waals surface area contributed by atoms with Crippen LogP contribution in [0.15, 0.2) is 88.9 Å². The Hall–Kier alpha value is -4.95. The molecule has 0 bridgehead atoms. The van der Waals surface area contributed by atoms with E-state index < -0.39 is 44.5 Å². The topological polar surface area (TPSA) is 163 Å². The van der Waals surface area contributed by atoms with E-state index in [2.05, 4.69) is 9.71 Å². The Morgan fingerprint density at radius 2 is 1.70 bits per heavy atom. The van der Waals surface area contributed by atoms with E-state index in [1.54, 1.807) is 67.3 Å². The maximum absolute atomic E-state index is 14.2. The van der Waals surface area contributed by atoms with Crippen LogP contribution < -0.4 is 18.7 Å². The molecule has 0 fully saturated rings. The summed E-state index contributed by atoms with van der Waals surface area (Å²) in [5.41, 5.74) is 3.35. The normalized spacial score (nSPS) is 13.5. The Morgan fingerprint density at radius 3 is 2.34 bits per heavy atom. The molecule has 0 spiro atoms. The lowest BCUT2D eigenvalue weighted by Gasteiger charge is -2.31. The second kappa shape index (κ2) is 13.0. The van der Waals surface area contributed by atoms with Gasteiger partial charge in [0.25, 0.3) is 26.0 Å². The van der Waals surface area contributed by atoms with Crippen LogP contribution >= 0.6 is 0 Å². The van der Waals surface area contributed by atoms with Gasteiger partial charge in [0.15, 0.2) is 0 Å². The molecule has 1 atom stereocenters. The highest BCUT2D eigenvalue weighted by atomic mass is 32.2. The lowest BCUT2D eigenvalue weighted by Crippen LogP contribution is -2.42. The van der Waals surface area contributed by atoms with Crippen molar-refractivity contribution in [2.24, 2.45) is 0 Å². The van der Waals surface area contributed by atoms with Crippen molar-refractivity contribution in [3.05, 3.63) is 107 Å². The summed E-state index contributed by atoms with van der Waals surface area (Å²) in [7, 11) is -7.20. The second-order valence-corrected chi connectivity index (χ2v) is 14.7. The summed E-state index contributed by atoms with van der Waals surface area (Å²) in [6.45, 7) is 4.54. The molecule has 1 aromatic heterocycles.